The lowest BCUT2D eigenvalue weighted by Gasteiger charge is -2.58. The molecule has 2 aliphatic rings. The minimum absolute atomic E-state index is 0.00540. The van der Waals surface area contributed by atoms with Gasteiger partial charge in [0, 0.05) is 17.4 Å². The Morgan fingerprint density at radius 1 is 1.16 bits per heavy atom. The topological polar surface area (TPSA) is 78.1 Å². The van der Waals surface area contributed by atoms with Crippen LogP contribution in [0.1, 0.15) is 47.0 Å². The molecule has 0 aliphatic heterocycles. The third-order valence-electron chi connectivity index (χ3n) is 8.14. The Bertz CT molecular complexity index is 1100. The molecule has 1 heterocycles. The highest BCUT2D eigenvalue weighted by atomic mass is 16.5. The largest absolute Gasteiger partial charge is 0.493 e. The van der Waals surface area contributed by atoms with Crippen LogP contribution < -0.4 is 19.8 Å². The first-order valence-corrected chi connectivity index (χ1v) is 11.3. The van der Waals surface area contributed by atoms with Crippen molar-refractivity contribution in [1.29, 1.82) is 0 Å². The van der Waals surface area contributed by atoms with Gasteiger partial charge in [0.2, 0.25) is 11.5 Å². The number of allylic oxidation sites excluding steroid dienone is 1. The number of rotatable bonds is 5. The van der Waals surface area contributed by atoms with E-state index in [1.54, 1.807) is 19.2 Å². The minimum atomic E-state index is -0.448. The first-order valence-electron chi connectivity index (χ1n) is 11.3. The summed E-state index contributed by atoms with van der Waals surface area (Å²) in [5.41, 5.74) is 1.05. The highest BCUT2D eigenvalue weighted by molar-refractivity contribution is 5.88. The lowest BCUT2D eigenvalue weighted by molar-refractivity contribution is -0.119. The Morgan fingerprint density at radius 2 is 1.91 bits per heavy atom. The molecule has 2 aromatic rings. The molecule has 1 saturated carbocycles. The maximum Gasteiger partial charge on any atom is 0.336 e. The highest BCUT2D eigenvalue weighted by Gasteiger charge is 2.55. The molecule has 4 atom stereocenters. The molecule has 1 fully saturated rings. The maximum absolute atomic E-state index is 11.8. The molecule has 0 bridgehead atoms. The average Bonchev–Trinajstić information content (AvgIpc) is 2.75. The van der Waals surface area contributed by atoms with Crippen LogP contribution >= 0.6 is 0 Å². The van der Waals surface area contributed by atoms with Gasteiger partial charge in [0.15, 0.2) is 11.3 Å². The second kappa shape index (κ2) is 8.14. The molecule has 1 aromatic carbocycles. The van der Waals surface area contributed by atoms with Gasteiger partial charge >= 0.3 is 5.63 Å². The van der Waals surface area contributed by atoms with Crippen molar-refractivity contribution in [3.63, 3.8) is 0 Å². The summed E-state index contributed by atoms with van der Waals surface area (Å²) in [5.74, 6) is 1.86. The van der Waals surface area contributed by atoms with Gasteiger partial charge in [-0.3, -0.25) is 0 Å². The van der Waals surface area contributed by atoms with Crippen molar-refractivity contribution >= 4 is 11.0 Å². The van der Waals surface area contributed by atoms with Crippen molar-refractivity contribution in [2.75, 3.05) is 20.8 Å². The number of ether oxygens (including phenoxy) is 3. The van der Waals surface area contributed by atoms with Gasteiger partial charge in [-0.1, -0.05) is 32.4 Å². The van der Waals surface area contributed by atoms with Crippen molar-refractivity contribution < 1.29 is 23.7 Å². The van der Waals surface area contributed by atoms with Gasteiger partial charge < -0.3 is 23.7 Å². The number of benzene rings is 1. The van der Waals surface area contributed by atoms with Crippen molar-refractivity contribution in [3.8, 4) is 17.2 Å². The van der Waals surface area contributed by atoms with Crippen LogP contribution in [0.3, 0.4) is 0 Å². The third-order valence-corrected chi connectivity index (χ3v) is 8.14. The molecule has 174 valence electrons. The van der Waals surface area contributed by atoms with Gasteiger partial charge in [0.25, 0.3) is 0 Å². The summed E-state index contributed by atoms with van der Waals surface area (Å²) in [7, 11) is 3.11. The highest BCUT2D eigenvalue weighted by Crippen LogP contribution is 2.59. The summed E-state index contributed by atoms with van der Waals surface area (Å²) < 4.78 is 23.0. The summed E-state index contributed by atoms with van der Waals surface area (Å²) in [4.78, 5) is 11.8. The Balaban J connectivity index is 1.72. The van der Waals surface area contributed by atoms with Crippen LogP contribution in [0.25, 0.3) is 11.0 Å². The smallest absolute Gasteiger partial charge is 0.336 e. The average molecular weight is 443 g/mol. The summed E-state index contributed by atoms with van der Waals surface area (Å²) >= 11 is 0. The van der Waals surface area contributed by atoms with Crippen molar-refractivity contribution in [2.45, 2.75) is 53.1 Å². The molecule has 1 aromatic heterocycles. The lowest BCUT2D eigenvalue weighted by atomic mass is 9.48. The molecular formula is C26H34O6. The fraction of sp³-hybridized carbons (Fsp3) is 0.577. The monoisotopic (exact) mass is 442 g/mol. The first-order chi connectivity index (χ1) is 15.1. The molecule has 6 heteroatoms. The van der Waals surface area contributed by atoms with Crippen molar-refractivity contribution in [2.24, 2.45) is 22.7 Å². The normalized spacial score (nSPS) is 29.2. The van der Waals surface area contributed by atoms with Crippen LogP contribution in [0.15, 0.2) is 39.1 Å². The SMILES string of the molecule is COc1cc2ccc(=O)oc2c(OC)c1OC[C@H]1C(C)=CC[C@H]2C(C)(C)[C@H](O)CC[C@]12C. The number of hydrogen-bond donors (Lipinski definition) is 1. The predicted molar refractivity (Wildman–Crippen MR) is 124 cm³/mol. The first kappa shape index (κ1) is 22.7. The molecule has 0 radical (unpaired) electrons. The lowest BCUT2D eigenvalue weighted by Crippen LogP contribution is -2.55. The number of fused-ring (bicyclic) bond motifs is 2. The van der Waals surface area contributed by atoms with E-state index < -0.39 is 5.63 Å². The number of aliphatic hydroxyl groups is 1. The van der Waals surface area contributed by atoms with Crippen molar-refractivity contribution in [1.82, 2.24) is 0 Å². The molecule has 6 nitrogen and oxygen atoms in total. The molecule has 0 unspecified atom stereocenters. The fourth-order valence-corrected chi connectivity index (χ4v) is 6.13. The zero-order chi connectivity index (χ0) is 23.3. The van der Waals surface area contributed by atoms with E-state index in [0.29, 0.717) is 40.7 Å². The van der Waals surface area contributed by atoms with E-state index in [1.165, 1.54) is 18.7 Å². The van der Waals surface area contributed by atoms with Gasteiger partial charge in [-0.25, -0.2) is 4.79 Å². The molecule has 0 spiro atoms. The van der Waals surface area contributed by atoms with E-state index in [1.807, 2.05) is 0 Å². The van der Waals surface area contributed by atoms with Crippen LogP contribution in [-0.2, 0) is 0 Å². The van der Waals surface area contributed by atoms with Gasteiger partial charge in [-0.05, 0) is 55.1 Å². The molecule has 0 saturated heterocycles. The number of hydrogen-bond acceptors (Lipinski definition) is 6. The predicted octanol–water partition coefficient (Wildman–Crippen LogP) is 4.96. The third kappa shape index (κ3) is 3.49. The molecule has 0 amide bonds. The van der Waals surface area contributed by atoms with E-state index in [4.69, 9.17) is 18.6 Å². The quantitative estimate of drug-likeness (QED) is 0.521. The van der Waals surface area contributed by atoms with Crippen LogP contribution in [0.4, 0.5) is 0 Å². The van der Waals surface area contributed by atoms with E-state index in [2.05, 4.69) is 33.8 Å². The van der Waals surface area contributed by atoms with Crippen LogP contribution in [0.2, 0.25) is 0 Å². The minimum Gasteiger partial charge on any atom is -0.493 e. The standard InChI is InChI=1S/C26H34O6/c1-15-7-9-19-25(2,3)20(27)11-12-26(19,4)17(15)14-31-23-18(29-5)13-16-8-10-21(28)32-22(16)24(23)30-6/h7-8,10,13,17,19-20,27H,9,11-12,14H2,1-6H3/t17-,19-,20+,26+/m0/s1. The maximum atomic E-state index is 11.8. The van der Waals surface area contributed by atoms with E-state index in [-0.39, 0.29) is 22.9 Å². The summed E-state index contributed by atoms with van der Waals surface area (Å²) in [5, 5.41) is 11.4. The number of aliphatic hydroxyl groups excluding tert-OH is 1. The van der Waals surface area contributed by atoms with E-state index in [9.17, 15) is 9.90 Å². The van der Waals surface area contributed by atoms with Gasteiger partial charge in [-0.15, -0.1) is 0 Å². The van der Waals surface area contributed by atoms with Crippen LogP contribution in [-0.4, -0.2) is 32.0 Å². The fourth-order valence-electron chi connectivity index (χ4n) is 6.13. The second-order valence-electron chi connectivity index (χ2n) is 10.1. The van der Waals surface area contributed by atoms with Gasteiger partial charge in [0.1, 0.15) is 0 Å². The Kier molecular flexibility index (Phi) is 5.78. The summed E-state index contributed by atoms with van der Waals surface area (Å²) in [6.45, 7) is 9.31. The Morgan fingerprint density at radius 3 is 2.59 bits per heavy atom. The van der Waals surface area contributed by atoms with Crippen molar-refractivity contribution in [3.05, 3.63) is 40.3 Å². The van der Waals surface area contributed by atoms with Crippen LogP contribution in [0.5, 0.6) is 17.2 Å². The van der Waals surface area contributed by atoms with Gasteiger partial charge in [-0.2, -0.15) is 0 Å². The Labute approximate surface area is 189 Å². The zero-order valence-electron chi connectivity index (χ0n) is 19.9. The van der Waals surface area contributed by atoms with Crippen LogP contribution in [0, 0.1) is 22.7 Å². The molecule has 1 N–H and O–H groups in total. The zero-order valence-corrected chi connectivity index (χ0v) is 19.9. The van der Waals surface area contributed by atoms with E-state index >= 15 is 0 Å². The van der Waals surface area contributed by atoms with E-state index in [0.717, 1.165) is 19.3 Å². The molecule has 32 heavy (non-hydrogen) atoms. The van der Waals surface area contributed by atoms with Gasteiger partial charge in [0.05, 0.1) is 26.9 Å². The number of methoxy groups -OCH3 is 2. The molecule has 2 aliphatic carbocycles. The summed E-state index contributed by atoms with van der Waals surface area (Å²) in [6, 6.07) is 4.85. The molecular weight excluding hydrogens is 408 g/mol. The molecule has 4 rings (SSSR count). The second-order valence-corrected chi connectivity index (χ2v) is 10.1. The summed E-state index contributed by atoms with van der Waals surface area (Å²) in [6.07, 6.45) is 4.71. The Hall–Kier alpha value is -2.47.